The lowest BCUT2D eigenvalue weighted by molar-refractivity contribution is -0.384. The minimum atomic E-state index is -0.489. The standard InChI is InChI=1S/C20H23N3O5/c1-27-16-5-7-17(8-6-16)28-13-10-21-20(24)18-14-15(23(25)26)4-9-19(18)22-11-2-3-12-22/h4-9,14H,2-3,10-13H2,1H3,(H,21,24). The van der Waals surface area contributed by atoms with E-state index in [1.54, 1.807) is 37.4 Å². The number of methoxy groups -OCH3 is 1. The van der Waals surface area contributed by atoms with Crippen LogP contribution in [0.15, 0.2) is 42.5 Å². The normalized spacial score (nSPS) is 13.2. The molecule has 0 aliphatic carbocycles. The monoisotopic (exact) mass is 385 g/mol. The van der Waals surface area contributed by atoms with Gasteiger partial charge in [-0.15, -0.1) is 0 Å². The zero-order valence-electron chi connectivity index (χ0n) is 15.7. The number of amides is 1. The average molecular weight is 385 g/mol. The molecule has 1 aliphatic heterocycles. The van der Waals surface area contributed by atoms with Crippen LogP contribution >= 0.6 is 0 Å². The Kier molecular flexibility index (Phi) is 6.31. The van der Waals surface area contributed by atoms with E-state index in [1.165, 1.54) is 12.1 Å². The summed E-state index contributed by atoms with van der Waals surface area (Å²) in [5.74, 6) is 1.06. The fraction of sp³-hybridized carbons (Fsp3) is 0.350. The Morgan fingerprint density at radius 1 is 1.14 bits per heavy atom. The molecule has 0 atom stereocenters. The summed E-state index contributed by atoms with van der Waals surface area (Å²) >= 11 is 0. The predicted octanol–water partition coefficient (Wildman–Crippen LogP) is 3.01. The summed E-state index contributed by atoms with van der Waals surface area (Å²) in [5.41, 5.74) is 0.958. The minimum Gasteiger partial charge on any atom is -0.497 e. The number of rotatable bonds is 8. The molecule has 1 saturated heterocycles. The summed E-state index contributed by atoms with van der Waals surface area (Å²) in [6.45, 7) is 2.26. The van der Waals surface area contributed by atoms with Gasteiger partial charge in [-0.2, -0.15) is 0 Å². The second kappa shape index (κ2) is 9.07. The van der Waals surface area contributed by atoms with Crippen LogP contribution in [-0.2, 0) is 0 Å². The number of non-ortho nitro benzene ring substituents is 1. The Hall–Kier alpha value is -3.29. The number of hydrogen-bond acceptors (Lipinski definition) is 6. The molecule has 1 amide bonds. The molecule has 8 heteroatoms. The van der Waals surface area contributed by atoms with Crippen LogP contribution in [0.5, 0.6) is 11.5 Å². The Bertz CT molecular complexity index is 832. The van der Waals surface area contributed by atoms with E-state index in [0.717, 1.165) is 37.4 Å². The summed E-state index contributed by atoms with van der Waals surface area (Å²) in [4.78, 5) is 25.4. The van der Waals surface area contributed by atoms with Gasteiger partial charge in [-0.1, -0.05) is 0 Å². The number of carbonyl (C=O) groups excluding carboxylic acids is 1. The molecule has 0 spiro atoms. The Morgan fingerprint density at radius 2 is 1.82 bits per heavy atom. The van der Waals surface area contributed by atoms with Crippen molar-refractivity contribution in [2.24, 2.45) is 0 Å². The van der Waals surface area contributed by atoms with Crippen LogP contribution in [0.1, 0.15) is 23.2 Å². The highest BCUT2D eigenvalue weighted by Crippen LogP contribution is 2.28. The van der Waals surface area contributed by atoms with Gasteiger partial charge in [-0.3, -0.25) is 14.9 Å². The Labute approximate surface area is 163 Å². The first kappa shape index (κ1) is 19.5. The van der Waals surface area contributed by atoms with Crippen molar-refractivity contribution in [3.8, 4) is 11.5 Å². The van der Waals surface area contributed by atoms with E-state index in [2.05, 4.69) is 10.2 Å². The van der Waals surface area contributed by atoms with Crippen LogP contribution in [0.25, 0.3) is 0 Å². The first-order chi connectivity index (χ1) is 13.6. The molecule has 1 heterocycles. The summed E-state index contributed by atoms with van der Waals surface area (Å²) in [6.07, 6.45) is 2.10. The van der Waals surface area contributed by atoms with Crippen LogP contribution in [0.4, 0.5) is 11.4 Å². The lowest BCUT2D eigenvalue weighted by atomic mass is 10.1. The van der Waals surface area contributed by atoms with Crippen molar-refractivity contribution in [1.82, 2.24) is 5.32 Å². The molecule has 0 aromatic heterocycles. The lowest BCUT2D eigenvalue weighted by Gasteiger charge is -2.20. The number of nitro groups is 1. The van der Waals surface area contributed by atoms with Crippen molar-refractivity contribution in [1.29, 1.82) is 0 Å². The van der Waals surface area contributed by atoms with Gasteiger partial charge in [0.05, 0.1) is 29.8 Å². The van der Waals surface area contributed by atoms with Crippen LogP contribution in [0, 0.1) is 10.1 Å². The van der Waals surface area contributed by atoms with Gasteiger partial charge in [0.25, 0.3) is 11.6 Å². The highest BCUT2D eigenvalue weighted by molar-refractivity contribution is 6.00. The van der Waals surface area contributed by atoms with Gasteiger partial charge in [0.15, 0.2) is 0 Å². The lowest BCUT2D eigenvalue weighted by Crippen LogP contribution is -2.30. The maximum atomic E-state index is 12.7. The fourth-order valence-electron chi connectivity index (χ4n) is 3.15. The van der Waals surface area contributed by atoms with Crippen molar-refractivity contribution in [2.75, 3.05) is 38.3 Å². The van der Waals surface area contributed by atoms with Crippen LogP contribution in [-0.4, -0.2) is 44.2 Å². The first-order valence-corrected chi connectivity index (χ1v) is 9.17. The zero-order valence-corrected chi connectivity index (χ0v) is 15.7. The number of nitrogens with one attached hydrogen (secondary N) is 1. The summed E-state index contributed by atoms with van der Waals surface area (Å²) in [5, 5.41) is 13.9. The molecule has 148 valence electrons. The highest BCUT2D eigenvalue weighted by atomic mass is 16.6. The number of hydrogen-bond donors (Lipinski definition) is 1. The van der Waals surface area contributed by atoms with E-state index in [9.17, 15) is 14.9 Å². The van der Waals surface area contributed by atoms with Crippen molar-refractivity contribution >= 4 is 17.3 Å². The van der Waals surface area contributed by atoms with Gasteiger partial charge in [0, 0.05) is 25.2 Å². The smallest absolute Gasteiger partial charge is 0.270 e. The number of ether oxygens (including phenoxy) is 2. The van der Waals surface area contributed by atoms with Gasteiger partial charge < -0.3 is 19.7 Å². The van der Waals surface area contributed by atoms with Crippen molar-refractivity contribution in [2.45, 2.75) is 12.8 Å². The van der Waals surface area contributed by atoms with Gasteiger partial charge in [-0.05, 0) is 43.2 Å². The number of nitro benzene ring substituents is 1. The van der Waals surface area contributed by atoms with Crippen LogP contribution in [0.3, 0.4) is 0 Å². The molecular weight excluding hydrogens is 362 g/mol. The van der Waals surface area contributed by atoms with Crippen LogP contribution < -0.4 is 19.7 Å². The Morgan fingerprint density at radius 3 is 2.46 bits per heavy atom. The van der Waals surface area contributed by atoms with Gasteiger partial charge >= 0.3 is 0 Å². The minimum absolute atomic E-state index is 0.0948. The number of anilines is 1. The summed E-state index contributed by atoms with van der Waals surface area (Å²) < 4.78 is 10.7. The third-order valence-corrected chi connectivity index (χ3v) is 4.60. The molecule has 1 N–H and O–H groups in total. The van der Waals surface area contributed by atoms with Crippen LogP contribution in [0.2, 0.25) is 0 Å². The quantitative estimate of drug-likeness (QED) is 0.426. The van der Waals surface area contributed by atoms with E-state index in [0.29, 0.717) is 11.3 Å². The molecule has 1 fully saturated rings. The summed E-state index contributed by atoms with van der Waals surface area (Å²) in [6, 6.07) is 11.6. The molecule has 2 aromatic carbocycles. The van der Waals surface area contributed by atoms with Crippen molar-refractivity contribution < 1.29 is 19.2 Å². The van der Waals surface area contributed by atoms with Gasteiger partial charge in [0.1, 0.15) is 18.1 Å². The molecule has 1 aliphatic rings. The number of nitrogens with zero attached hydrogens (tertiary/aromatic N) is 2. The Balaban J connectivity index is 1.61. The maximum Gasteiger partial charge on any atom is 0.270 e. The second-order valence-electron chi connectivity index (χ2n) is 6.43. The largest absolute Gasteiger partial charge is 0.497 e. The number of benzene rings is 2. The van der Waals surface area contributed by atoms with Crippen molar-refractivity contribution in [3.05, 3.63) is 58.1 Å². The predicted molar refractivity (Wildman–Crippen MR) is 105 cm³/mol. The van der Waals surface area contributed by atoms with E-state index in [1.807, 2.05) is 0 Å². The van der Waals surface area contributed by atoms with E-state index < -0.39 is 4.92 Å². The molecule has 0 saturated carbocycles. The maximum absolute atomic E-state index is 12.7. The zero-order chi connectivity index (χ0) is 19.9. The number of carbonyl (C=O) groups is 1. The molecule has 28 heavy (non-hydrogen) atoms. The van der Waals surface area contributed by atoms with Gasteiger partial charge in [-0.25, -0.2) is 0 Å². The van der Waals surface area contributed by atoms with E-state index >= 15 is 0 Å². The second-order valence-corrected chi connectivity index (χ2v) is 6.43. The molecule has 8 nitrogen and oxygen atoms in total. The molecule has 0 bridgehead atoms. The fourth-order valence-corrected chi connectivity index (χ4v) is 3.15. The summed E-state index contributed by atoms with van der Waals surface area (Å²) in [7, 11) is 1.59. The van der Waals surface area contributed by atoms with Gasteiger partial charge in [0.2, 0.25) is 0 Å². The third-order valence-electron chi connectivity index (χ3n) is 4.60. The topological polar surface area (TPSA) is 93.9 Å². The third kappa shape index (κ3) is 4.70. The van der Waals surface area contributed by atoms with E-state index in [-0.39, 0.29) is 24.7 Å². The van der Waals surface area contributed by atoms with Crippen molar-refractivity contribution in [3.63, 3.8) is 0 Å². The molecular formula is C20H23N3O5. The molecule has 0 unspecified atom stereocenters. The average Bonchev–Trinajstić information content (AvgIpc) is 3.25. The van der Waals surface area contributed by atoms with E-state index in [4.69, 9.17) is 9.47 Å². The molecule has 0 radical (unpaired) electrons. The molecule has 2 aromatic rings. The highest BCUT2D eigenvalue weighted by Gasteiger charge is 2.22. The SMILES string of the molecule is COc1ccc(OCCNC(=O)c2cc([N+](=O)[O-])ccc2N2CCCC2)cc1. The molecule has 3 rings (SSSR count). The first-order valence-electron chi connectivity index (χ1n) is 9.17.